The van der Waals surface area contributed by atoms with Crippen LogP contribution in [0.25, 0.3) is 0 Å². The van der Waals surface area contributed by atoms with Gasteiger partial charge in [0.1, 0.15) is 0 Å². The summed E-state index contributed by atoms with van der Waals surface area (Å²) < 4.78 is 5.45. The summed E-state index contributed by atoms with van der Waals surface area (Å²) in [5.74, 6) is 7.04. The molecular weight excluding hydrogens is 256 g/mol. The zero-order valence-electron chi connectivity index (χ0n) is 12.2. The Morgan fingerprint density at radius 1 is 1.15 bits per heavy atom. The van der Waals surface area contributed by atoms with E-state index in [0.29, 0.717) is 30.6 Å². The number of nitrogens with one attached hydrogen (secondary N) is 2. The quantitative estimate of drug-likeness (QED) is 0.541. The average molecular weight is 280 g/mol. The Bertz CT molecular complexity index is 419. The van der Waals surface area contributed by atoms with E-state index in [1.165, 1.54) is 12.8 Å². The summed E-state index contributed by atoms with van der Waals surface area (Å²) in [4.78, 5) is 12.6. The molecule has 0 bridgehead atoms. The van der Waals surface area contributed by atoms with E-state index in [9.17, 15) is 0 Å². The molecule has 112 valence electrons. The van der Waals surface area contributed by atoms with E-state index in [2.05, 4.69) is 32.6 Å². The highest BCUT2D eigenvalue weighted by Crippen LogP contribution is 2.25. The maximum Gasteiger partial charge on any atom is 0.323 e. The molecule has 1 heterocycles. The Morgan fingerprint density at radius 3 is 2.50 bits per heavy atom. The van der Waals surface area contributed by atoms with E-state index in [1.54, 1.807) is 0 Å². The highest BCUT2D eigenvalue weighted by molar-refractivity contribution is 5.35. The van der Waals surface area contributed by atoms with Gasteiger partial charge in [-0.25, -0.2) is 5.84 Å². The van der Waals surface area contributed by atoms with Gasteiger partial charge < -0.3 is 10.1 Å². The first-order valence-corrected chi connectivity index (χ1v) is 7.33. The highest BCUT2D eigenvalue weighted by Gasteiger charge is 2.19. The number of anilines is 2. The molecule has 1 aliphatic rings. The van der Waals surface area contributed by atoms with Crippen LogP contribution in [0, 0.1) is 5.92 Å². The van der Waals surface area contributed by atoms with Crippen LogP contribution in [-0.2, 0) is 0 Å². The zero-order chi connectivity index (χ0) is 14.4. The summed E-state index contributed by atoms with van der Waals surface area (Å²) in [5, 5.41) is 3.36. The van der Waals surface area contributed by atoms with Gasteiger partial charge in [0, 0.05) is 6.04 Å². The molecule has 0 atom stereocenters. The van der Waals surface area contributed by atoms with Crippen molar-refractivity contribution in [1.29, 1.82) is 0 Å². The molecule has 0 radical (unpaired) electrons. The van der Waals surface area contributed by atoms with Crippen LogP contribution in [0.5, 0.6) is 6.01 Å². The van der Waals surface area contributed by atoms with Crippen LogP contribution in [0.4, 0.5) is 11.9 Å². The summed E-state index contributed by atoms with van der Waals surface area (Å²) in [6.45, 7) is 4.91. The van der Waals surface area contributed by atoms with Crippen LogP contribution in [0.15, 0.2) is 0 Å². The summed E-state index contributed by atoms with van der Waals surface area (Å²) in [7, 11) is 0. The third kappa shape index (κ3) is 4.19. The number of ether oxygens (including phenoxy) is 1. The molecule has 0 unspecified atom stereocenters. The highest BCUT2D eigenvalue weighted by atomic mass is 16.5. The van der Waals surface area contributed by atoms with Gasteiger partial charge in [-0.1, -0.05) is 13.8 Å². The Hall–Kier alpha value is -1.63. The van der Waals surface area contributed by atoms with Gasteiger partial charge in [-0.05, 0) is 38.0 Å². The second-order valence-corrected chi connectivity index (χ2v) is 5.36. The molecular formula is C13H24N6O. The summed E-state index contributed by atoms with van der Waals surface area (Å²) in [5.41, 5.74) is 2.45. The van der Waals surface area contributed by atoms with Crippen molar-refractivity contribution in [3.8, 4) is 6.01 Å². The third-order valence-electron chi connectivity index (χ3n) is 3.53. The van der Waals surface area contributed by atoms with E-state index < -0.39 is 0 Å². The first kappa shape index (κ1) is 14.8. The van der Waals surface area contributed by atoms with E-state index in [0.717, 1.165) is 25.2 Å². The van der Waals surface area contributed by atoms with Gasteiger partial charge in [0.15, 0.2) is 0 Å². The Labute approximate surface area is 119 Å². The van der Waals surface area contributed by atoms with Crippen LogP contribution < -0.4 is 21.3 Å². The van der Waals surface area contributed by atoms with Crippen molar-refractivity contribution < 1.29 is 4.74 Å². The molecule has 1 aromatic rings. The van der Waals surface area contributed by atoms with Crippen LogP contribution in [0.2, 0.25) is 0 Å². The molecule has 1 fully saturated rings. The molecule has 2 rings (SSSR count). The van der Waals surface area contributed by atoms with Crippen LogP contribution in [-0.4, -0.2) is 27.6 Å². The molecule has 1 aromatic heterocycles. The lowest BCUT2D eigenvalue weighted by molar-refractivity contribution is 0.292. The first-order chi connectivity index (χ1) is 9.71. The lowest BCUT2D eigenvalue weighted by Crippen LogP contribution is -2.26. The minimum absolute atomic E-state index is 0.307. The summed E-state index contributed by atoms with van der Waals surface area (Å²) in [6, 6.07) is 0.722. The second kappa shape index (κ2) is 7.23. The second-order valence-electron chi connectivity index (χ2n) is 5.36. The van der Waals surface area contributed by atoms with Gasteiger partial charge >= 0.3 is 6.01 Å². The fourth-order valence-electron chi connectivity index (χ4n) is 2.33. The summed E-state index contributed by atoms with van der Waals surface area (Å²) >= 11 is 0. The van der Waals surface area contributed by atoms with E-state index in [1.807, 2.05) is 6.92 Å². The number of hydrazine groups is 1. The normalized spacial score (nSPS) is 22.4. The lowest BCUT2D eigenvalue weighted by Gasteiger charge is -2.26. The van der Waals surface area contributed by atoms with E-state index >= 15 is 0 Å². The molecule has 0 amide bonds. The van der Waals surface area contributed by atoms with E-state index in [-0.39, 0.29) is 0 Å². The molecule has 0 spiro atoms. The minimum Gasteiger partial charge on any atom is -0.463 e. The number of rotatable bonds is 6. The fourth-order valence-corrected chi connectivity index (χ4v) is 2.33. The molecule has 7 nitrogen and oxygen atoms in total. The molecule has 0 aromatic carbocycles. The van der Waals surface area contributed by atoms with Gasteiger partial charge in [0.05, 0.1) is 6.61 Å². The molecule has 1 aliphatic carbocycles. The Kier molecular flexibility index (Phi) is 5.34. The van der Waals surface area contributed by atoms with Crippen LogP contribution in [0.1, 0.15) is 46.0 Å². The monoisotopic (exact) mass is 280 g/mol. The number of hydrogen-bond donors (Lipinski definition) is 3. The largest absolute Gasteiger partial charge is 0.463 e. The zero-order valence-corrected chi connectivity index (χ0v) is 12.2. The van der Waals surface area contributed by atoms with Crippen molar-refractivity contribution in [2.45, 2.75) is 52.0 Å². The van der Waals surface area contributed by atoms with E-state index in [4.69, 9.17) is 10.6 Å². The molecule has 7 heteroatoms. The van der Waals surface area contributed by atoms with Crippen molar-refractivity contribution in [1.82, 2.24) is 15.0 Å². The molecule has 0 aliphatic heterocycles. The number of hydrogen-bond acceptors (Lipinski definition) is 7. The molecule has 1 saturated carbocycles. The predicted molar refractivity (Wildman–Crippen MR) is 78.5 cm³/mol. The number of nitrogens with two attached hydrogens (primary N) is 1. The van der Waals surface area contributed by atoms with Gasteiger partial charge in [-0.15, -0.1) is 0 Å². The lowest BCUT2D eigenvalue weighted by atomic mass is 9.87. The predicted octanol–water partition coefficient (Wildman–Crippen LogP) is 1.94. The fraction of sp³-hybridized carbons (Fsp3) is 0.769. The van der Waals surface area contributed by atoms with Crippen molar-refractivity contribution in [3.05, 3.63) is 0 Å². The molecule has 4 N–H and O–H groups in total. The maximum atomic E-state index is 5.45. The number of nitrogen functional groups attached to an aromatic ring is 1. The third-order valence-corrected chi connectivity index (χ3v) is 3.53. The van der Waals surface area contributed by atoms with Crippen LogP contribution in [0.3, 0.4) is 0 Å². The number of aromatic nitrogens is 3. The topological polar surface area (TPSA) is 98.0 Å². The van der Waals surface area contributed by atoms with Crippen LogP contribution >= 0.6 is 0 Å². The molecule has 20 heavy (non-hydrogen) atoms. The van der Waals surface area contributed by atoms with Gasteiger partial charge in [-0.3, -0.25) is 5.43 Å². The first-order valence-electron chi connectivity index (χ1n) is 7.33. The standard InChI is InChI=1S/C13H24N6O/c1-3-8-20-13-17-11(16-12(18-13)19-14)15-10-6-4-9(2)5-7-10/h9-10H,3-8,14H2,1-2H3,(H2,15,16,17,18,19). The van der Waals surface area contributed by atoms with Crippen molar-refractivity contribution >= 4 is 11.9 Å². The maximum absolute atomic E-state index is 5.45. The summed E-state index contributed by atoms with van der Waals surface area (Å²) in [6.07, 6.45) is 5.67. The average Bonchev–Trinajstić information content (AvgIpc) is 2.47. The Balaban J connectivity index is 2.02. The number of nitrogens with zero attached hydrogens (tertiary/aromatic N) is 3. The SMILES string of the molecule is CCCOc1nc(NN)nc(NC2CCC(C)CC2)n1. The van der Waals surface area contributed by atoms with Gasteiger partial charge in [0.25, 0.3) is 0 Å². The smallest absolute Gasteiger partial charge is 0.323 e. The van der Waals surface area contributed by atoms with Crippen molar-refractivity contribution in [2.75, 3.05) is 17.3 Å². The van der Waals surface area contributed by atoms with Gasteiger partial charge in [-0.2, -0.15) is 15.0 Å². The van der Waals surface area contributed by atoms with Gasteiger partial charge in [0.2, 0.25) is 11.9 Å². The minimum atomic E-state index is 0.307. The van der Waals surface area contributed by atoms with Crippen molar-refractivity contribution in [3.63, 3.8) is 0 Å². The molecule has 0 saturated heterocycles. The Morgan fingerprint density at radius 2 is 1.85 bits per heavy atom. The van der Waals surface area contributed by atoms with Crippen molar-refractivity contribution in [2.24, 2.45) is 11.8 Å².